The monoisotopic (exact) mass is 241 g/mol. The first-order valence-corrected chi connectivity index (χ1v) is 6.34. The second-order valence-electron chi connectivity index (χ2n) is 4.20. The van der Waals surface area contributed by atoms with E-state index in [1.54, 1.807) is 0 Å². The Morgan fingerprint density at radius 1 is 1.00 bits per heavy atom. The topological polar surface area (TPSA) is 21.3 Å². The minimum absolute atomic E-state index is 0.324. The predicted molar refractivity (Wildman–Crippen MR) is 75.0 cm³/mol. The zero-order valence-corrected chi connectivity index (χ0v) is 10.9. The van der Waals surface area contributed by atoms with Gasteiger partial charge in [0.25, 0.3) is 0 Å². The van der Waals surface area contributed by atoms with Gasteiger partial charge in [0.05, 0.1) is 0 Å². The molecule has 2 aromatic carbocycles. The zero-order chi connectivity index (χ0) is 12.8. The van der Waals surface area contributed by atoms with Gasteiger partial charge in [-0.1, -0.05) is 43.3 Å². The van der Waals surface area contributed by atoms with E-state index < -0.39 is 0 Å². The Labute approximate surface area is 109 Å². The van der Waals surface area contributed by atoms with Gasteiger partial charge in [-0.3, -0.25) is 0 Å². The maximum Gasteiger partial charge on any atom is 0.132 e. The zero-order valence-electron chi connectivity index (χ0n) is 10.9. The molecule has 1 unspecified atom stereocenters. The summed E-state index contributed by atoms with van der Waals surface area (Å²) in [6, 6.07) is 18.4. The van der Waals surface area contributed by atoms with E-state index in [0.717, 1.165) is 17.9 Å². The molecule has 2 heteroatoms. The Hall–Kier alpha value is -1.80. The van der Waals surface area contributed by atoms with Gasteiger partial charge in [-0.05, 0) is 31.7 Å². The van der Waals surface area contributed by atoms with Crippen LogP contribution in [0.4, 0.5) is 0 Å². The molecule has 94 valence electrons. The van der Waals surface area contributed by atoms with E-state index in [0.29, 0.717) is 6.04 Å². The third-order valence-corrected chi connectivity index (χ3v) is 3.02. The van der Waals surface area contributed by atoms with Gasteiger partial charge in [0.2, 0.25) is 0 Å². The van der Waals surface area contributed by atoms with Gasteiger partial charge in [0.1, 0.15) is 11.5 Å². The predicted octanol–water partition coefficient (Wildman–Crippen LogP) is 4.15. The van der Waals surface area contributed by atoms with Crippen LogP contribution in [0, 0.1) is 0 Å². The molecule has 2 rings (SSSR count). The molecule has 0 saturated carbocycles. The minimum Gasteiger partial charge on any atom is -0.457 e. The van der Waals surface area contributed by atoms with Crippen molar-refractivity contribution in [2.75, 3.05) is 7.05 Å². The summed E-state index contributed by atoms with van der Waals surface area (Å²) in [6.07, 6.45) is 1.03. The molecule has 1 atom stereocenters. The third-order valence-electron chi connectivity index (χ3n) is 3.02. The van der Waals surface area contributed by atoms with Gasteiger partial charge in [0, 0.05) is 11.6 Å². The fourth-order valence-corrected chi connectivity index (χ4v) is 2.06. The van der Waals surface area contributed by atoms with Crippen molar-refractivity contribution in [3.63, 3.8) is 0 Å². The van der Waals surface area contributed by atoms with Gasteiger partial charge >= 0.3 is 0 Å². The fraction of sp³-hybridized carbons (Fsp3) is 0.250. The molecule has 0 heterocycles. The van der Waals surface area contributed by atoms with Gasteiger partial charge in [0.15, 0.2) is 0 Å². The second-order valence-corrected chi connectivity index (χ2v) is 4.20. The minimum atomic E-state index is 0.324. The molecular weight excluding hydrogens is 222 g/mol. The molecule has 0 spiro atoms. The third kappa shape index (κ3) is 2.90. The van der Waals surface area contributed by atoms with Crippen LogP contribution in [0.15, 0.2) is 54.6 Å². The average Bonchev–Trinajstić information content (AvgIpc) is 2.43. The number of nitrogens with one attached hydrogen (secondary N) is 1. The van der Waals surface area contributed by atoms with E-state index in [2.05, 4.69) is 18.3 Å². The van der Waals surface area contributed by atoms with Crippen molar-refractivity contribution in [3.8, 4) is 11.5 Å². The van der Waals surface area contributed by atoms with Crippen LogP contribution in [0.1, 0.15) is 24.9 Å². The van der Waals surface area contributed by atoms with Gasteiger partial charge in [-0.25, -0.2) is 0 Å². The van der Waals surface area contributed by atoms with Crippen LogP contribution < -0.4 is 10.1 Å². The van der Waals surface area contributed by atoms with Gasteiger partial charge in [-0.2, -0.15) is 0 Å². The summed E-state index contributed by atoms with van der Waals surface area (Å²) in [7, 11) is 1.98. The van der Waals surface area contributed by atoms with E-state index in [9.17, 15) is 0 Å². The summed E-state index contributed by atoms with van der Waals surface area (Å²) >= 11 is 0. The summed E-state index contributed by atoms with van der Waals surface area (Å²) in [5.41, 5.74) is 1.20. The van der Waals surface area contributed by atoms with Crippen LogP contribution in [0.5, 0.6) is 11.5 Å². The van der Waals surface area contributed by atoms with Gasteiger partial charge in [-0.15, -0.1) is 0 Å². The molecule has 0 aliphatic heterocycles. The highest BCUT2D eigenvalue weighted by Gasteiger charge is 2.12. The Kier molecular flexibility index (Phi) is 4.37. The van der Waals surface area contributed by atoms with Crippen LogP contribution in [-0.2, 0) is 0 Å². The first-order chi connectivity index (χ1) is 8.85. The summed E-state index contributed by atoms with van der Waals surface area (Å²) in [4.78, 5) is 0. The largest absolute Gasteiger partial charge is 0.457 e. The molecule has 0 amide bonds. The summed E-state index contributed by atoms with van der Waals surface area (Å²) in [5, 5.41) is 3.31. The van der Waals surface area contributed by atoms with Crippen molar-refractivity contribution < 1.29 is 4.74 Å². The molecule has 0 aliphatic rings. The Morgan fingerprint density at radius 2 is 1.67 bits per heavy atom. The summed E-state index contributed by atoms with van der Waals surface area (Å²) < 4.78 is 5.95. The normalized spacial score (nSPS) is 12.1. The molecule has 0 radical (unpaired) electrons. The van der Waals surface area contributed by atoms with E-state index >= 15 is 0 Å². The SMILES string of the molecule is CCC(NC)c1ccccc1Oc1ccccc1. The number of rotatable bonds is 5. The van der Waals surface area contributed by atoms with Crippen molar-refractivity contribution in [2.45, 2.75) is 19.4 Å². The molecule has 0 aliphatic carbocycles. The average molecular weight is 241 g/mol. The van der Waals surface area contributed by atoms with Crippen LogP contribution in [-0.4, -0.2) is 7.05 Å². The lowest BCUT2D eigenvalue weighted by Crippen LogP contribution is -2.15. The Bertz CT molecular complexity index is 477. The smallest absolute Gasteiger partial charge is 0.132 e. The highest BCUT2D eigenvalue weighted by Crippen LogP contribution is 2.30. The first-order valence-electron chi connectivity index (χ1n) is 6.34. The van der Waals surface area contributed by atoms with E-state index in [1.807, 2.05) is 55.6 Å². The molecule has 0 fully saturated rings. The maximum absolute atomic E-state index is 5.95. The van der Waals surface area contributed by atoms with Crippen LogP contribution in [0.3, 0.4) is 0 Å². The lowest BCUT2D eigenvalue weighted by molar-refractivity contribution is 0.459. The Morgan fingerprint density at radius 3 is 2.33 bits per heavy atom. The number of benzene rings is 2. The highest BCUT2D eigenvalue weighted by molar-refractivity contribution is 5.39. The summed E-state index contributed by atoms with van der Waals surface area (Å²) in [5.74, 6) is 1.79. The van der Waals surface area contributed by atoms with E-state index in [1.165, 1.54) is 5.56 Å². The first kappa shape index (κ1) is 12.7. The number of para-hydroxylation sites is 2. The lowest BCUT2D eigenvalue weighted by atomic mass is 10.0. The van der Waals surface area contributed by atoms with Crippen molar-refractivity contribution in [1.29, 1.82) is 0 Å². The summed E-state index contributed by atoms with van der Waals surface area (Å²) in [6.45, 7) is 2.17. The molecule has 0 aromatic heterocycles. The van der Waals surface area contributed by atoms with Crippen molar-refractivity contribution in [3.05, 3.63) is 60.2 Å². The molecule has 0 bridgehead atoms. The molecule has 2 aromatic rings. The van der Waals surface area contributed by atoms with E-state index in [-0.39, 0.29) is 0 Å². The molecule has 1 N–H and O–H groups in total. The van der Waals surface area contributed by atoms with Crippen molar-refractivity contribution in [1.82, 2.24) is 5.32 Å². The van der Waals surface area contributed by atoms with Crippen LogP contribution in [0.25, 0.3) is 0 Å². The molecule has 2 nitrogen and oxygen atoms in total. The van der Waals surface area contributed by atoms with Gasteiger partial charge < -0.3 is 10.1 Å². The number of ether oxygens (including phenoxy) is 1. The molecule has 0 saturated heterocycles. The standard InChI is InChI=1S/C16H19NO/c1-3-15(17-2)14-11-7-8-12-16(14)18-13-9-5-4-6-10-13/h4-12,15,17H,3H2,1-2H3. The molecule has 18 heavy (non-hydrogen) atoms. The van der Waals surface area contributed by atoms with E-state index in [4.69, 9.17) is 4.74 Å². The van der Waals surface area contributed by atoms with Crippen molar-refractivity contribution in [2.24, 2.45) is 0 Å². The van der Waals surface area contributed by atoms with Crippen LogP contribution >= 0.6 is 0 Å². The number of hydrogen-bond donors (Lipinski definition) is 1. The maximum atomic E-state index is 5.95. The highest BCUT2D eigenvalue weighted by atomic mass is 16.5. The Balaban J connectivity index is 2.28. The quantitative estimate of drug-likeness (QED) is 0.849. The second kappa shape index (κ2) is 6.22. The van der Waals surface area contributed by atoms with Crippen molar-refractivity contribution >= 4 is 0 Å². The van der Waals surface area contributed by atoms with Crippen LogP contribution in [0.2, 0.25) is 0 Å². The fourth-order valence-electron chi connectivity index (χ4n) is 2.06. The number of hydrogen-bond acceptors (Lipinski definition) is 2. The lowest BCUT2D eigenvalue weighted by Gasteiger charge is -2.18. The molecular formula is C16H19NO.